The predicted molar refractivity (Wildman–Crippen MR) is 104 cm³/mol. The maximum atomic E-state index is 12.5. The molecule has 0 atom stereocenters. The van der Waals surface area contributed by atoms with Crippen molar-refractivity contribution in [3.63, 3.8) is 0 Å². The molecule has 3 aromatic rings. The number of aryl methyl sites for hydroxylation is 1. The van der Waals surface area contributed by atoms with E-state index in [9.17, 15) is 9.59 Å². The number of carbonyl (C=O) groups excluding carboxylic acids is 2. The lowest BCUT2D eigenvalue weighted by atomic mass is 10.1. The number of carbonyl (C=O) groups is 2. The van der Waals surface area contributed by atoms with Gasteiger partial charge in [0.1, 0.15) is 6.61 Å². The molecule has 27 heavy (non-hydrogen) atoms. The topological polar surface area (TPSA) is 80.6 Å². The summed E-state index contributed by atoms with van der Waals surface area (Å²) < 4.78 is 10.5. The van der Waals surface area contributed by atoms with Crippen LogP contribution in [0.15, 0.2) is 46.9 Å². The number of hydrogen-bond acceptors (Lipinski definition) is 4. The molecule has 0 aliphatic heterocycles. The van der Waals surface area contributed by atoms with Crippen molar-refractivity contribution in [1.82, 2.24) is 5.32 Å². The van der Waals surface area contributed by atoms with Crippen LogP contribution in [0.25, 0.3) is 11.0 Å². The van der Waals surface area contributed by atoms with Gasteiger partial charge in [0.25, 0.3) is 5.91 Å². The van der Waals surface area contributed by atoms with Crippen LogP contribution in [0, 0.1) is 6.92 Å². The van der Waals surface area contributed by atoms with Crippen molar-refractivity contribution in [3.8, 4) is 0 Å². The van der Waals surface area contributed by atoms with Crippen LogP contribution in [-0.4, -0.2) is 25.5 Å². The normalized spacial score (nSPS) is 10.8. The fourth-order valence-corrected chi connectivity index (χ4v) is 2.99. The third kappa shape index (κ3) is 4.30. The Balaban J connectivity index is 1.70. The van der Waals surface area contributed by atoms with E-state index in [1.54, 1.807) is 24.3 Å². The summed E-state index contributed by atoms with van der Waals surface area (Å²) in [6.45, 7) is 2.09. The first-order chi connectivity index (χ1) is 13.0. The molecule has 2 aromatic carbocycles. The fraction of sp³-hybridized carbons (Fsp3) is 0.200. The van der Waals surface area contributed by atoms with Crippen LogP contribution >= 0.6 is 11.6 Å². The number of nitrogens with one attached hydrogen (secondary N) is 2. The third-order valence-electron chi connectivity index (χ3n) is 4.06. The first-order valence-corrected chi connectivity index (χ1v) is 8.71. The van der Waals surface area contributed by atoms with Crippen molar-refractivity contribution < 1.29 is 18.7 Å². The second-order valence-electron chi connectivity index (χ2n) is 6.04. The summed E-state index contributed by atoms with van der Waals surface area (Å²) in [5.74, 6) is -0.329. The van der Waals surface area contributed by atoms with E-state index >= 15 is 0 Å². The number of anilines is 1. The Morgan fingerprint density at radius 1 is 1.19 bits per heavy atom. The monoisotopic (exact) mass is 386 g/mol. The largest absolute Gasteiger partial charge is 0.449 e. The number of fused-ring (bicyclic) bond motifs is 1. The quantitative estimate of drug-likeness (QED) is 0.673. The maximum Gasteiger partial charge on any atom is 0.287 e. The summed E-state index contributed by atoms with van der Waals surface area (Å²) in [5, 5.41) is 6.84. The molecule has 3 rings (SSSR count). The predicted octanol–water partition coefficient (Wildman–Crippen LogP) is 3.91. The SMILES string of the molecule is COCC(=O)Nc1cccc(CNC(=O)c2oc3c(Cl)cccc3c2C)c1. The highest BCUT2D eigenvalue weighted by molar-refractivity contribution is 6.35. The van der Waals surface area contributed by atoms with Gasteiger partial charge in [0.15, 0.2) is 11.3 Å². The lowest BCUT2D eigenvalue weighted by Crippen LogP contribution is -2.23. The lowest BCUT2D eigenvalue weighted by Gasteiger charge is -2.08. The number of hydrogen-bond donors (Lipinski definition) is 2. The zero-order chi connectivity index (χ0) is 19.4. The summed E-state index contributed by atoms with van der Waals surface area (Å²) in [5.41, 5.74) is 2.72. The zero-order valence-corrected chi connectivity index (χ0v) is 15.7. The van der Waals surface area contributed by atoms with Gasteiger partial charge >= 0.3 is 0 Å². The number of rotatable bonds is 6. The number of benzene rings is 2. The molecule has 0 aliphatic rings. The first-order valence-electron chi connectivity index (χ1n) is 8.33. The minimum absolute atomic E-state index is 0.0190. The van der Waals surface area contributed by atoms with Gasteiger partial charge in [-0.1, -0.05) is 35.9 Å². The molecule has 0 bridgehead atoms. The van der Waals surface area contributed by atoms with Crippen molar-refractivity contribution in [2.24, 2.45) is 0 Å². The van der Waals surface area contributed by atoms with Gasteiger partial charge in [-0.05, 0) is 30.7 Å². The summed E-state index contributed by atoms with van der Waals surface area (Å²) in [6.07, 6.45) is 0. The van der Waals surface area contributed by atoms with Gasteiger partial charge < -0.3 is 19.8 Å². The van der Waals surface area contributed by atoms with Gasteiger partial charge in [-0.2, -0.15) is 0 Å². The van der Waals surface area contributed by atoms with Crippen LogP contribution in [0.2, 0.25) is 5.02 Å². The molecule has 0 saturated carbocycles. The van der Waals surface area contributed by atoms with Gasteiger partial charge in [-0.15, -0.1) is 0 Å². The van der Waals surface area contributed by atoms with Crippen molar-refractivity contribution in [3.05, 3.63) is 64.4 Å². The number of methoxy groups -OCH3 is 1. The van der Waals surface area contributed by atoms with Crippen LogP contribution < -0.4 is 10.6 Å². The Kier molecular flexibility index (Phi) is 5.78. The first kappa shape index (κ1) is 18.9. The number of furan rings is 1. The van der Waals surface area contributed by atoms with Crippen molar-refractivity contribution in [1.29, 1.82) is 0 Å². The van der Waals surface area contributed by atoms with E-state index in [1.165, 1.54) is 7.11 Å². The Morgan fingerprint density at radius 3 is 2.70 bits per heavy atom. The summed E-state index contributed by atoms with van der Waals surface area (Å²) >= 11 is 6.13. The van der Waals surface area contributed by atoms with Crippen LogP contribution in [0.1, 0.15) is 21.7 Å². The molecule has 0 aliphatic carbocycles. The van der Waals surface area contributed by atoms with Crippen molar-refractivity contribution in [2.45, 2.75) is 13.5 Å². The van der Waals surface area contributed by atoms with E-state index in [1.807, 2.05) is 25.1 Å². The average molecular weight is 387 g/mol. The fourth-order valence-electron chi connectivity index (χ4n) is 2.78. The Hall–Kier alpha value is -2.83. The molecule has 6 nitrogen and oxygen atoms in total. The molecule has 0 saturated heterocycles. The van der Waals surface area contributed by atoms with Gasteiger partial charge in [0.2, 0.25) is 5.91 Å². The highest BCUT2D eigenvalue weighted by Gasteiger charge is 2.18. The van der Waals surface area contributed by atoms with E-state index in [0.717, 1.165) is 16.5 Å². The Bertz CT molecular complexity index is 997. The number of amides is 2. The second kappa shape index (κ2) is 8.24. The third-order valence-corrected chi connectivity index (χ3v) is 4.36. The average Bonchev–Trinajstić information content (AvgIpc) is 2.99. The lowest BCUT2D eigenvalue weighted by molar-refractivity contribution is -0.119. The van der Waals surface area contributed by atoms with Crippen LogP contribution in [0.3, 0.4) is 0 Å². The van der Waals surface area contributed by atoms with Crippen LogP contribution in [-0.2, 0) is 16.1 Å². The number of halogens is 1. The minimum Gasteiger partial charge on any atom is -0.449 e. The van der Waals surface area contributed by atoms with Crippen molar-refractivity contribution in [2.75, 3.05) is 19.0 Å². The Labute approximate surface area is 161 Å². The maximum absolute atomic E-state index is 12.5. The molecule has 0 spiro atoms. The van der Waals surface area contributed by atoms with Crippen molar-refractivity contribution >= 4 is 40.1 Å². The summed E-state index contributed by atoms with van der Waals surface area (Å²) in [4.78, 5) is 24.1. The van der Waals surface area contributed by atoms with E-state index in [4.69, 9.17) is 20.8 Å². The molecule has 0 unspecified atom stereocenters. The van der Waals surface area contributed by atoms with Gasteiger partial charge in [0, 0.05) is 30.3 Å². The smallest absolute Gasteiger partial charge is 0.287 e. The molecule has 1 heterocycles. The van der Waals surface area contributed by atoms with Crippen LogP contribution in [0.5, 0.6) is 0 Å². The molecule has 2 N–H and O–H groups in total. The highest BCUT2D eigenvalue weighted by Crippen LogP contribution is 2.30. The van der Waals surface area contributed by atoms with E-state index in [0.29, 0.717) is 16.3 Å². The molecule has 1 aromatic heterocycles. The van der Waals surface area contributed by atoms with Gasteiger partial charge in [0.05, 0.1) is 5.02 Å². The molecule has 7 heteroatoms. The zero-order valence-electron chi connectivity index (χ0n) is 15.0. The second-order valence-corrected chi connectivity index (χ2v) is 6.44. The van der Waals surface area contributed by atoms with E-state index < -0.39 is 0 Å². The summed E-state index contributed by atoms with van der Waals surface area (Å²) in [6, 6.07) is 12.6. The number of para-hydroxylation sites is 1. The van der Waals surface area contributed by atoms with Crippen LogP contribution in [0.4, 0.5) is 5.69 Å². The standard InChI is InChI=1S/C20H19ClN2O4/c1-12-15-7-4-8-16(21)19(15)27-18(12)20(25)22-10-13-5-3-6-14(9-13)23-17(24)11-26-2/h3-9H,10-11H2,1-2H3,(H,22,25)(H,23,24). The molecule has 140 valence electrons. The molecule has 0 fully saturated rings. The molecule has 2 amide bonds. The number of ether oxygens (including phenoxy) is 1. The van der Waals surface area contributed by atoms with E-state index in [2.05, 4.69) is 10.6 Å². The van der Waals surface area contributed by atoms with Gasteiger partial charge in [-0.25, -0.2) is 0 Å². The minimum atomic E-state index is -0.325. The molecular formula is C20H19ClN2O4. The highest BCUT2D eigenvalue weighted by atomic mass is 35.5. The Morgan fingerprint density at radius 2 is 1.96 bits per heavy atom. The summed E-state index contributed by atoms with van der Waals surface area (Å²) in [7, 11) is 1.46. The molecule has 0 radical (unpaired) electrons. The molecular weight excluding hydrogens is 368 g/mol. The van der Waals surface area contributed by atoms with E-state index in [-0.39, 0.29) is 30.7 Å². The van der Waals surface area contributed by atoms with Gasteiger partial charge in [-0.3, -0.25) is 9.59 Å².